The maximum Gasteiger partial charge on any atom is 0.228 e. The summed E-state index contributed by atoms with van der Waals surface area (Å²) in [5, 5.41) is 6.75. The molecular formula is C18H22FN3O. The number of rotatable bonds is 6. The van der Waals surface area contributed by atoms with Crippen molar-refractivity contribution in [2.24, 2.45) is 0 Å². The topological polar surface area (TPSA) is 49.0 Å². The summed E-state index contributed by atoms with van der Waals surface area (Å²) in [6.45, 7) is 0.640. The standard InChI is InChI=1S/C18H22FN3O/c19-15-5-3-4-14(12-15)9-11-22(17-6-1-2-7-17)18(23)13-16-8-10-20-21-16/h3-5,8,10,12,17H,1-2,6-7,9,11,13H2,(H,20,21). The molecular weight excluding hydrogens is 293 g/mol. The molecule has 1 aromatic carbocycles. The average Bonchev–Trinajstić information content (AvgIpc) is 3.21. The Hall–Kier alpha value is -2.17. The zero-order chi connectivity index (χ0) is 16.1. The van der Waals surface area contributed by atoms with E-state index in [4.69, 9.17) is 0 Å². The second-order valence-electron chi connectivity index (χ2n) is 6.16. The average molecular weight is 315 g/mol. The molecule has 0 bridgehead atoms. The number of aromatic nitrogens is 2. The van der Waals surface area contributed by atoms with Crippen LogP contribution in [0.1, 0.15) is 36.9 Å². The van der Waals surface area contributed by atoms with Crippen LogP contribution in [0.2, 0.25) is 0 Å². The molecule has 0 spiro atoms. The molecule has 1 amide bonds. The molecule has 5 heteroatoms. The molecule has 2 aromatic rings. The summed E-state index contributed by atoms with van der Waals surface area (Å²) in [4.78, 5) is 14.7. The van der Waals surface area contributed by atoms with Gasteiger partial charge in [-0.2, -0.15) is 5.10 Å². The van der Waals surface area contributed by atoms with E-state index in [1.54, 1.807) is 18.3 Å². The van der Waals surface area contributed by atoms with Crippen molar-refractivity contribution >= 4 is 5.91 Å². The molecule has 1 fully saturated rings. The number of amides is 1. The first-order chi connectivity index (χ1) is 11.2. The maximum absolute atomic E-state index is 13.3. The Labute approximate surface area is 135 Å². The van der Waals surface area contributed by atoms with Gasteiger partial charge in [-0.25, -0.2) is 4.39 Å². The van der Waals surface area contributed by atoms with Gasteiger partial charge in [0.2, 0.25) is 5.91 Å². The van der Waals surface area contributed by atoms with Crippen molar-refractivity contribution in [2.75, 3.05) is 6.54 Å². The highest BCUT2D eigenvalue weighted by Gasteiger charge is 2.26. The Morgan fingerprint density at radius 2 is 2.13 bits per heavy atom. The van der Waals surface area contributed by atoms with Crippen LogP contribution in [-0.2, 0) is 17.6 Å². The first-order valence-corrected chi connectivity index (χ1v) is 8.24. The van der Waals surface area contributed by atoms with Crippen LogP contribution in [0.3, 0.4) is 0 Å². The second kappa shape index (κ2) is 7.40. The van der Waals surface area contributed by atoms with Crippen LogP contribution in [0.4, 0.5) is 4.39 Å². The lowest BCUT2D eigenvalue weighted by molar-refractivity contribution is -0.132. The predicted octanol–water partition coefficient (Wildman–Crippen LogP) is 3.11. The van der Waals surface area contributed by atoms with Crippen LogP contribution in [-0.4, -0.2) is 33.6 Å². The van der Waals surface area contributed by atoms with Gasteiger partial charge >= 0.3 is 0 Å². The summed E-state index contributed by atoms with van der Waals surface area (Å²) >= 11 is 0. The van der Waals surface area contributed by atoms with E-state index in [1.807, 2.05) is 17.0 Å². The fourth-order valence-electron chi connectivity index (χ4n) is 3.32. The van der Waals surface area contributed by atoms with Crippen LogP contribution in [0.5, 0.6) is 0 Å². The number of carbonyl (C=O) groups excluding carboxylic acids is 1. The van der Waals surface area contributed by atoms with Crippen molar-refractivity contribution in [1.29, 1.82) is 0 Å². The Balaban J connectivity index is 1.66. The van der Waals surface area contributed by atoms with Crippen molar-refractivity contribution in [2.45, 2.75) is 44.6 Å². The third kappa shape index (κ3) is 4.18. The van der Waals surface area contributed by atoms with Crippen LogP contribution >= 0.6 is 0 Å². The molecule has 122 valence electrons. The third-order valence-electron chi connectivity index (χ3n) is 4.52. The van der Waals surface area contributed by atoms with Gasteiger partial charge in [0, 0.05) is 24.5 Å². The second-order valence-corrected chi connectivity index (χ2v) is 6.16. The zero-order valence-electron chi connectivity index (χ0n) is 13.2. The van der Waals surface area contributed by atoms with E-state index in [0.29, 0.717) is 25.4 Å². The molecule has 0 radical (unpaired) electrons. The number of halogens is 1. The molecule has 23 heavy (non-hydrogen) atoms. The summed E-state index contributed by atoms with van der Waals surface area (Å²) in [6.07, 6.45) is 7.19. The maximum atomic E-state index is 13.3. The lowest BCUT2D eigenvalue weighted by Crippen LogP contribution is -2.41. The Morgan fingerprint density at radius 1 is 1.30 bits per heavy atom. The van der Waals surface area contributed by atoms with Gasteiger partial charge in [-0.1, -0.05) is 25.0 Å². The molecule has 3 rings (SSSR count). The minimum Gasteiger partial charge on any atom is -0.339 e. The van der Waals surface area contributed by atoms with Crippen LogP contribution in [0.25, 0.3) is 0 Å². The lowest BCUT2D eigenvalue weighted by atomic mass is 10.1. The van der Waals surface area contributed by atoms with Gasteiger partial charge in [0.15, 0.2) is 0 Å². The monoisotopic (exact) mass is 315 g/mol. The molecule has 1 N–H and O–H groups in total. The van der Waals surface area contributed by atoms with Crippen LogP contribution < -0.4 is 0 Å². The van der Waals surface area contributed by atoms with E-state index >= 15 is 0 Å². The molecule has 1 heterocycles. The largest absolute Gasteiger partial charge is 0.339 e. The number of H-pyrrole nitrogens is 1. The Morgan fingerprint density at radius 3 is 2.83 bits per heavy atom. The van der Waals surface area contributed by atoms with Gasteiger partial charge in [0.1, 0.15) is 5.82 Å². The van der Waals surface area contributed by atoms with Crippen molar-refractivity contribution in [3.8, 4) is 0 Å². The van der Waals surface area contributed by atoms with E-state index in [9.17, 15) is 9.18 Å². The third-order valence-corrected chi connectivity index (χ3v) is 4.52. The SMILES string of the molecule is O=C(Cc1ccn[nH]1)N(CCc1cccc(F)c1)C1CCCC1. The van der Waals surface area contributed by atoms with E-state index < -0.39 is 0 Å². The number of nitrogens with zero attached hydrogens (tertiary/aromatic N) is 2. The van der Waals surface area contributed by atoms with Gasteiger partial charge < -0.3 is 4.90 Å². The van der Waals surface area contributed by atoms with Crippen LogP contribution in [0.15, 0.2) is 36.5 Å². The van der Waals surface area contributed by atoms with Gasteiger partial charge in [-0.15, -0.1) is 0 Å². The highest BCUT2D eigenvalue weighted by molar-refractivity contribution is 5.78. The quantitative estimate of drug-likeness (QED) is 0.890. The summed E-state index contributed by atoms with van der Waals surface area (Å²) < 4.78 is 13.3. The molecule has 0 unspecified atom stereocenters. The number of hydrogen-bond acceptors (Lipinski definition) is 2. The van der Waals surface area contributed by atoms with Crippen molar-refractivity contribution in [3.63, 3.8) is 0 Å². The minimum absolute atomic E-state index is 0.123. The van der Waals surface area contributed by atoms with Crippen molar-refractivity contribution in [1.82, 2.24) is 15.1 Å². The van der Waals surface area contributed by atoms with Crippen molar-refractivity contribution < 1.29 is 9.18 Å². The molecule has 0 saturated heterocycles. The Kier molecular flexibility index (Phi) is 5.05. The molecule has 1 aliphatic rings. The summed E-state index contributed by atoms with van der Waals surface area (Å²) in [5.41, 5.74) is 1.77. The summed E-state index contributed by atoms with van der Waals surface area (Å²) in [7, 11) is 0. The van der Waals surface area contributed by atoms with Gasteiger partial charge in [0.05, 0.1) is 6.42 Å². The molecule has 4 nitrogen and oxygen atoms in total. The van der Waals surface area contributed by atoms with Crippen molar-refractivity contribution in [3.05, 3.63) is 53.6 Å². The van der Waals surface area contributed by atoms with E-state index in [-0.39, 0.29) is 11.7 Å². The normalized spacial score (nSPS) is 15.0. The summed E-state index contributed by atoms with van der Waals surface area (Å²) in [6, 6.07) is 8.77. The predicted molar refractivity (Wildman–Crippen MR) is 86.4 cm³/mol. The fourth-order valence-corrected chi connectivity index (χ4v) is 3.32. The zero-order valence-corrected chi connectivity index (χ0v) is 13.2. The number of hydrogen-bond donors (Lipinski definition) is 1. The number of aromatic amines is 1. The first-order valence-electron chi connectivity index (χ1n) is 8.24. The lowest BCUT2D eigenvalue weighted by Gasteiger charge is -2.29. The highest BCUT2D eigenvalue weighted by atomic mass is 19.1. The molecule has 0 aliphatic heterocycles. The minimum atomic E-state index is -0.223. The molecule has 1 aromatic heterocycles. The van der Waals surface area contributed by atoms with Gasteiger partial charge in [-0.3, -0.25) is 9.89 Å². The highest BCUT2D eigenvalue weighted by Crippen LogP contribution is 2.24. The smallest absolute Gasteiger partial charge is 0.228 e. The van der Waals surface area contributed by atoms with E-state index in [1.165, 1.54) is 18.9 Å². The van der Waals surface area contributed by atoms with Crippen LogP contribution in [0, 0.1) is 5.82 Å². The number of nitrogens with one attached hydrogen (secondary N) is 1. The molecule has 1 saturated carbocycles. The van der Waals surface area contributed by atoms with E-state index in [0.717, 1.165) is 24.1 Å². The van der Waals surface area contributed by atoms with E-state index in [2.05, 4.69) is 10.2 Å². The number of benzene rings is 1. The summed E-state index contributed by atoms with van der Waals surface area (Å²) in [5.74, 6) is -0.101. The molecule has 1 aliphatic carbocycles. The fraction of sp³-hybridized carbons (Fsp3) is 0.444. The Bertz CT molecular complexity index is 635. The number of carbonyl (C=O) groups is 1. The van der Waals surface area contributed by atoms with Gasteiger partial charge in [0.25, 0.3) is 0 Å². The first kappa shape index (κ1) is 15.7. The molecule has 0 atom stereocenters. The van der Waals surface area contributed by atoms with Gasteiger partial charge in [-0.05, 0) is 43.0 Å².